The molecule has 0 saturated heterocycles. The van der Waals surface area contributed by atoms with Gasteiger partial charge in [0.2, 0.25) is 0 Å². The third-order valence-corrected chi connectivity index (χ3v) is 2.47. The van der Waals surface area contributed by atoms with Gasteiger partial charge in [0, 0.05) is 12.4 Å². The quantitative estimate of drug-likeness (QED) is 0.832. The molecule has 0 aliphatic rings. The van der Waals surface area contributed by atoms with Crippen molar-refractivity contribution < 1.29 is 5.11 Å². The van der Waals surface area contributed by atoms with E-state index in [1.807, 2.05) is 20.8 Å². The Morgan fingerprint density at radius 1 is 1.40 bits per heavy atom. The van der Waals surface area contributed by atoms with Gasteiger partial charge in [0.05, 0.1) is 12.6 Å². The van der Waals surface area contributed by atoms with E-state index >= 15 is 0 Å². The fourth-order valence-corrected chi connectivity index (χ4v) is 1.28. The van der Waals surface area contributed by atoms with Crippen LogP contribution in [0.4, 0.5) is 5.82 Å². The number of aliphatic hydroxyl groups excluding tert-OH is 1. The molecule has 0 aliphatic heterocycles. The molecule has 0 aromatic carbocycles. The monoisotopic (exact) mass is 229 g/mol. The van der Waals surface area contributed by atoms with E-state index < -0.39 is 0 Å². The molecule has 1 aromatic rings. The van der Waals surface area contributed by atoms with E-state index in [9.17, 15) is 5.11 Å². The van der Waals surface area contributed by atoms with Crippen LogP contribution in [0.25, 0.3) is 0 Å². The molecule has 0 aliphatic carbocycles. The zero-order chi connectivity index (χ0) is 11.5. The van der Waals surface area contributed by atoms with Gasteiger partial charge in [-0.2, -0.15) is 0 Å². The summed E-state index contributed by atoms with van der Waals surface area (Å²) in [6, 6.07) is -0.105. The second kappa shape index (κ2) is 4.77. The van der Waals surface area contributed by atoms with E-state index in [1.165, 1.54) is 6.20 Å². The summed E-state index contributed by atoms with van der Waals surface area (Å²) < 4.78 is 0. The minimum absolute atomic E-state index is 0.0242. The van der Waals surface area contributed by atoms with E-state index in [4.69, 9.17) is 11.6 Å². The lowest BCUT2D eigenvalue weighted by Crippen LogP contribution is -2.37. The number of hydrogen-bond donors (Lipinski definition) is 2. The van der Waals surface area contributed by atoms with Crippen molar-refractivity contribution in [1.82, 2.24) is 9.97 Å². The average molecular weight is 230 g/mol. The van der Waals surface area contributed by atoms with Crippen LogP contribution >= 0.6 is 11.6 Å². The highest BCUT2D eigenvalue weighted by molar-refractivity contribution is 6.31. The summed E-state index contributed by atoms with van der Waals surface area (Å²) in [5, 5.41) is 12.7. The van der Waals surface area contributed by atoms with E-state index in [0.29, 0.717) is 11.0 Å². The molecule has 0 spiro atoms. The second-order valence-electron chi connectivity index (χ2n) is 4.44. The van der Waals surface area contributed by atoms with Gasteiger partial charge in [0.25, 0.3) is 0 Å². The molecule has 0 saturated carbocycles. The van der Waals surface area contributed by atoms with E-state index in [1.54, 1.807) is 6.20 Å². The van der Waals surface area contributed by atoms with E-state index in [0.717, 1.165) is 0 Å². The molecule has 15 heavy (non-hydrogen) atoms. The first-order chi connectivity index (χ1) is 6.95. The Hall–Kier alpha value is -0.870. The first-order valence-corrected chi connectivity index (χ1v) is 5.17. The molecule has 4 nitrogen and oxygen atoms in total. The van der Waals surface area contributed by atoms with Crippen molar-refractivity contribution in [2.45, 2.75) is 26.8 Å². The Bertz CT molecular complexity index is 325. The van der Waals surface area contributed by atoms with Crippen molar-refractivity contribution in [2.75, 3.05) is 11.9 Å². The lowest BCUT2D eigenvalue weighted by molar-refractivity contribution is 0.201. The Morgan fingerprint density at radius 3 is 2.47 bits per heavy atom. The molecule has 1 atom stereocenters. The summed E-state index contributed by atoms with van der Waals surface area (Å²) in [6.07, 6.45) is 3.09. The SMILES string of the molecule is CC(C)(C)C(CO)Nc1nccnc1Cl. The molecule has 1 unspecified atom stereocenters. The molecule has 1 heterocycles. The normalized spacial score (nSPS) is 13.7. The molecule has 0 amide bonds. The number of rotatable bonds is 3. The molecular formula is C10H16ClN3O. The van der Waals surface area contributed by atoms with Gasteiger partial charge in [-0.3, -0.25) is 0 Å². The third-order valence-electron chi connectivity index (χ3n) is 2.19. The molecule has 84 valence electrons. The van der Waals surface area contributed by atoms with Crippen molar-refractivity contribution in [3.8, 4) is 0 Å². The maximum atomic E-state index is 9.26. The largest absolute Gasteiger partial charge is 0.394 e. The van der Waals surface area contributed by atoms with Crippen LogP contribution in [0.1, 0.15) is 20.8 Å². The van der Waals surface area contributed by atoms with Crippen LogP contribution in [0.5, 0.6) is 0 Å². The molecule has 1 rings (SSSR count). The summed E-state index contributed by atoms with van der Waals surface area (Å²) in [5.41, 5.74) is -0.0738. The lowest BCUT2D eigenvalue weighted by Gasteiger charge is -2.30. The Labute approximate surface area is 94.7 Å². The maximum absolute atomic E-state index is 9.26. The summed E-state index contributed by atoms with van der Waals surface area (Å²) >= 11 is 5.86. The van der Waals surface area contributed by atoms with Gasteiger partial charge in [-0.05, 0) is 5.41 Å². The van der Waals surface area contributed by atoms with Crippen molar-refractivity contribution in [2.24, 2.45) is 5.41 Å². The van der Waals surface area contributed by atoms with Crippen LogP contribution in [0.2, 0.25) is 5.15 Å². The standard InChI is InChI=1S/C10H16ClN3O/c1-10(2,3)7(6-15)14-9-8(11)12-4-5-13-9/h4-5,7,15H,6H2,1-3H3,(H,13,14). The summed E-state index contributed by atoms with van der Waals surface area (Å²) in [4.78, 5) is 7.97. The fourth-order valence-electron chi connectivity index (χ4n) is 1.12. The first-order valence-electron chi connectivity index (χ1n) is 4.79. The minimum Gasteiger partial charge on any atom is -0.394 e. The van der Waals surface area contributed by atoms with Crippen molar-refractivity contribution in [3.05, 3.63) is 17.5 Å². The minimum atomic E-state index is -0.105. The molecule has 0 bridgehead atoms. The van der Waals surface area contributed by atoms with E-state index in [2.05, 4.69) is 15.3 Å². The Morgan fingerprint density at radius 2 is 2.00 bits per heavy atom. The predicted molar refractivity (Wildman–Crippen MR) is 61.0 cm³/mol. The molecular weight excluding hydrogens is 214 g/mol. The van der Waals surface area contributed by atoms with Gasteiger partial charge in [-0.1, -0.05) is 32.4 Å². The maximum Gasteiger partial charge on any atom is 0.171 e. The van der Waals surface area contributed by atoms with Crippen molar-refractivity contribution in [1.29, 1.82) is 0 Å². The topological polar surface area (TPSA) is 58.0 Å². The number of hydrogen-bond acceptors (Lipinski definition) is 4. The number of anilines is 1. The molecule has 1 aromatic heterocycles. The highest BCUT2D eigenvalue weighted by Gasteiger charge is 2.24. The molecule has 5 heteroatoms. The fraction of sp³-hybridized carbons (Fsp3) is 0.600. The van der Waals surface area contributed by atoms with Crippen LogP contribution in [0, 0.1) is 5.41 Å². The summed E-state index contributed by atoms with van der Waals surface area (Å²) in [5.74, 6) is 0.508. The Balaban J connectivity index is 2.80. The second-order valence-corrected chi connectivity index (χ2v) is 4.80. The molecule has 0 radical (unpaired) electrons. The lowest BCUT2D eigenvalue weighted by atomic mass is 9.87. The van der Waals surface area contributed by atoms with Crippen molar-refractivity contribution >= 4 is 17.4 Å². The Kier molecular flexibility index (Phi) is 3.88. The van der Waals surface area contributed by atoms with Gasteiger partial charge in [-0.25, -0.2) is 9.97 Å². The van der Waals surface area contributed by atoms with Gasteiger partial charge >= 0.3 is 0 Å². The molecule has 0 fully saturated rings. The highest BCUT2D eigenvalue weighted by Crippen LogP contribution is 2.24. The third kappa shape index (κ3) is 3.32. The van der Waals surface area contributed by atoms with E-state index in [-0.39, 0.29) is 18.1 Å². The average Bonchev–Trinajstić information content (AvgIpc) is 2.14. The first kappa shape index (κ1) is 12.2. The van der Waals surface area contributed by atoms with Crippen LogP contribution in [0.3, 0.4) is 0 Å². The summed E-state index contributed by atoms with van der Waals surface area (Å²) in [7, 11) is 0. The van der Waals surface area contributed by atoms with Crippen molar-refractivity contribution in [3.63, 3.8) is 0 Å². The number of nitrogens with one attached hydrogen (secondary N) is 1. The van der Waals surface area contributed by atoms with Gasteiger partial charge in [-0.15, -0.1) is 0 Å². The zero-order valence-electron chi connectivity index (χ0n) is 9.16. The predicted octanol–water partition coefficient (Wildman–Crippen LogP) is 1.95. The van der Waals surface area contributed by atoms with Gasteiger partial charge in [0.15, 0.2) is 11.0 Å². The zero-order valence-corrected chi connectivity index (χ0v) is 9.91. The number of nitrogens with zero attached hydrogens (tertiary/aromatic N) is 2. The smallest absolute Gasteiger partial charge is 0.171 e. The number of aromatic nitrogens is 2. The van der Waals surface area contributed by atoms with Gasteiger partial charge < -0.3 is 10.4 Å². The van der Waals surface area contributed by atoms with Crippen LogP contribution < -0.4 is 5.32 Å². The number of aliphatic hydroxyl groups is 1. The molecule has 2 N–H and O–H groups in total. The van der Waals surface area contributed by atoms with Crippen LogP contribution in [0.15, 0.2) is 12.4 Å². The van der Waals surface area contributed by atoms with Crippen LogP contribution in [-0.4, -0.2) is 27.7 Å². The highest BCUT2D eigenvalue weighted by atomic mass is 35.5. The summed E-state index contributed by atoms with van der Waals surface area (Å²) in [6.45, 7) is 6.12. The van der Waals surface area contributed by atoms with Crippen LogP contribution in [-0.2, 0) is 0 Å². The number of halogens is 1. The van der Waals surface area contributed by atoms with Gasteiger partial charge in [0.1, 0.15) is 0 Å².